The van der Waals surface area contributed by atoms with Gasteiger partial charge in [0, 0.05) is 16.8 Å². The third kappa shape index (κ3) is 3.95. The molecule has 0 saturated heterocycles. The number of nitrogens with two attached hydrogens (primary N) is 1. The van der Waals surface area contributed by atoms with Gasteiger partial charge in [0.15, 0.2) is 0 Å². The topological polar surface area (TPSA) is 35.2 Å². The van der Waals surface area contributed by atoms with Gasteiger partial charge in [0.2, 0.25) is 0 Å². The first-order chi connectivity index (χ1) is 9.44. The molecule has 102 valence electrons. The van der Waals surface area contributed by atoms with Gasteiger partial charge in [-0.3, -0.25) is 0 Å². The largest absolute Gasteiger partial charge is 0.573 e. The molecule has 0 unspecified atom stereocenters. The Kier molecular flexibility index (Phi) is 3.85. The lowest BCUT2D eigenvalue weighted by Gasteiger charge is -2.08. The van der Waals surface area contributed by atoms with Gasteiger partial charge >= 0.3 is 6.36 Å². The number of rotatable bonds is 1. The molecule has 2 rings (SSSR count). The van der Waals surface area contributed by atoms with Crippen LogP contribution in [0.15, 0.2) is 48.5 Å². The number of ether oxygens (including phenoxy) is 1. The molecule has 20 heavy (non-hydrogen) atoms. The van der Waals surface area contributed by atoms with Gasteiger partial charge in [0.1, 0.15) is 5.75 Å². The van der Waals surface area contributed by atoms with Crippen LogP contribution in [0.1, 0.15) is 11.1 Å². The van der Waals surface area contributed by atoms with Crippen LogP contribution >= 0.6 is 0 Å². The van der Waals surface area contributed by atoms with Crippen molar-refractivity contribution in [3.63, 3.8) is 0 Å². The maximum absolute atomic E-state index is 12.1. The molecule has 0 fully saturated rings. The molecular formula is C15H10F3NO. The highest BCUT2D eigenvalue weighted by atomic mass is 19.4. The quantitative estimate of drug-likeness (QED) is 0.639. The number of hydrogen-bond donors (Lipinski definition) is 1. The predicted molar refractivity (Wildman–Crippen MR) is 70.0 cm³/mol. The Hall–Kier alpha value is -2.61. The Labute approximate surface area is 114 Å². The summed E-state index contributed by atoms with van der Waals surface area (Å²) in [5, 5.41) is 0. The normalized spacial score (nSPS) is 10.6. The zero-order valence-electron chi connectivity index (χ0n) is 10.2. The molecule has 2 N–H and O–H groups in total. The van der Waals surface area contributed by atoms with E-state index in [0.717, 1.165) is 0 Å². The molecule has 5 heteroatoms. The van der Waals surface area contributed by atoms with Gasteiger partial charge in [-0.2, -0.15) is 0 Å². The fraction of sp³-hybridized carbons (Fsp3) is 0.0667. The molecule has 0 aliphatic carbocycles. The molecule has 0 aromatic heterocycles. The molecule has 2 nitrogen and oxygen atoms in total. The van der Waals surface area contributed by atoms with Crippen LogP contribution < -0.4 is 10.5 Å². The van der Waals surface area contributed by atoms with Gasteiger partial charge in [0.05, 0.1) is 0 Å². The van der Waals surface area contributed by atoms with E-state index in [1.165, 1.54) is 18.2 Å². The van der Waals surface area contributed by atoms with Crippen LogP contribution in [0, 0.1) is 11.8 Å². The number of benzene rings is 2. The second-order valence-corrected chi connectivity index (χ2v) is 3.91. The molecule has 0 aliphatic rings. The van der Waals surface area contributed by atoms with Crippen molar-refractivity contribution in [3.8, 4) is 17.6 Å². The zero-order valence-corrected chi connectivity index (χ0v) is 10.2. The summed E-state index contributed by atoms with van der Waals surface area (Å²) in [6.45, 7) is 0. The summed E-state index contributed by atoms with van der Waals surface area (Å²) in [5.41, 5.74) is 7.27. The van der Waals surface area contributed by atoms with Crippen LogP contribution in [0.25, 0.3) is 0 Å². The number of halogens is 3. The van der Waals surface area contributed by atoms with E-state index >= 15 is 0 Å². The third-order valence-corrected chi connectivity index (χ3v) is 2.37. The molecule has 0 bridgehead atoms. The molecule has 0 heterocycles. The summed E-state index contributed by atoms with van der Waals surface area (Å²) in [6, 6.07) is 12.5. The van der Waals surface area contributed by atoms with E-state index in [4.69, 9.17) is 5.73 Å². The van der Waals surface area contributed by atoms with Gasteiger partial charge in [-0.15, -0.1) is 13.2 Å². The van der Waals surface area contributed by atoms with Crippen molar-refractivity contribution in [1.29, 1.82) is 0 Å². The predicted octanol–water partition coefficient (Wildman–Crippen LogP) is 3.57. The van der Waals surface area contributed by atoms with Crippen molar-refractivity contribution < 1.29 is 17.9 Å². The number of hydrogen-bond acceptors (Lipinski definition) is 2. The molecule has 0 amide bonds. The first kappa shape index (κ1) is 13.8. The van der Waals surface area contributed by atoms with E-state index in [1.807, 2.05) is 0 Å². The van der Waals surface area contributed by atoms with E-state index in [-0.39, 0.29) is 5.75 Å². The van der Waals surface area contributed by atoms with Crippen molar-refractivity contribution in [2.24, 2.45) is 0 Å². The summed E-state index contributed by atoms with van der Waals surface area (Å²) >= 11 is 0. The molecule has 2 aromatic rings. The van der Waals surface area contributed by atoms with Gasteiger partial charge in [-0.25, -0.2) is 0 Å². The van der Waals surface area contributed by atoms with E-state index in [9.17, 15) is 13.2 Å². The second-order valence-electron chi connectivity index (χ2n) is 3.91. The summed E-state index contributed by atoms with van der Waals surface area (Å²) in [4.78, 5) is 0. The maximum Gasteiger partial charge on any atom is 0.573 e. The smallest absolute Gasteiger partial charge is 0.406 e. The van der Waals surface area contributed by atoms with Gasteiger partial charge < -0.3 is 10.5 Å². The lowest BCUT2D eigenvalue weighted by Crippen LogP contribution is -2.17. The minimum Gasteiger partial charge on any atom is -0.406 e. The van der Waals surface area contributed by atoms with Crippen LogP contribution in [0.2, 0.25) is 0 Å². The Morgan fingerprint density at radius 3 is 2.40 bits per heavy atom. The lowest BCUT2D eigenvalue weighted by molar-refractivity contribution is -0.274. The molecule has 0 radical (unpaired) electrons. The molecule has 0 spiro atoms. The van der Waals surface area contributed by atoms with E-state index in [0.29, 0.717) is 16.8 Å². The summed E-state index contributed by atoms with van der Waals surface area (Å²) < 4.78 is 40.1. The molecule has 0 atom stereocenters. The van der Waals surface area contributed by atoms with Crippen molar-refractivity contribution in [1.82, 2.24) is 0 Å². The second kappa shape index (κ2) is 5.57. The number of anilines is 1. The number of para-hydroxylation sites is 1. The van der Waals surface area contributed by atoms with Crippen LogP contribution in [-0.2, 0) is 0 Å². The zero-order chi connectivity index (χ0) is 14.6. The molecular weight excluding hydrogens is 267 g/mol. The first-order valence-corrected chi connectivity index (χ1v) is 5.66. The number of nitrogen functional groups attached to an aromatic ring is 1. The highest BCUT2D eigenvalue weighted by Gasteiger charge is 2.30. The first-order valence-electron chi connectivity index (χ1n) is 5.66. The van der Waals surface area contributed by atoms with Crippen LogP contribution in [0.5, 0.6) is 5.75 Å². The minimum atomic E-state index is -4.71. The fourth-order valence-electron chi connectivity index (χ4n) is 1.52. The lowest BCUT2D eigenvalue weighted by atomic mass is 10.1. The third-order valence-electron chi connectivity index (χ3n) is 2.37. The van der Waals surface area contributed by atoms with Crippen molar-refractivity contribution in [2.75, 3.05) is 5.73 Å². The van der Waals surface area contributed by atoms with Crippen LogP contribution in [0.4, 0.5) is 18.9 Å². The SMILES string of the molecule is Nc1ccccc1C#Cc1cccc(OC(F)(F)F)c1. The Balaban J connectivity index is 2.23. The van der Waals surface area contributed by atoms with Crippen molar-refractivity contribution in [2.45, 2.75) is 6.36 Å². The summed E-state index contributed by atoms with van der Waals surface area (Å²) in [6.07, 6.45) is -4.71. The fourth-order valence-corrected chi connectivity index (χ4v) is 1.52. The highest BCUT2D eigenvalue weighted by molar-refractivity contribution is 5.57. The average Bonchev–Trinajstić information content (AvgIpc) is 2.36. The maximum atomic E-state index is 12.1. The molecule has 0 saturated carbocycles. The van der Waals surface area contributed by atoms with Gasteiger partial charge in [-0.05, 0) is 30.3 Å². The average molecular weight is 277 g/mol. The number of alkyl halides is 3. The van der Waals surface area contributed by atoms with Crippen LogP contribution in [0.3, 0.4) is 0 Å². The Bertz CT molecular complexity index is 669. The van der Waals surface area contributed by atoms with Gasteiger partial charge in [0.25, 0.3) is 0 Å². The van der Waals surface area contributed by atoms with Crippen molar-refractivity contribution in [3.05, 3.63) is 59.7 Å². The van der Waals surface area contributed by atoms with Gasteiger partial charge in [-0.1, -0.05) is 30.0 Å². The summed E-state index contributed by atoms with van der Waals surface area (Å²) in [7, 11) is 0. The van der Waals surface area contributed by atoms with E-state index in [2.05, 4.69) is 16.6 Å². The minimum absolute atomic E-state index is 0.301. The molecule has 2 aromatic carbocycles. The highest BCUT2D eigenvalue weighted by Crippen LogP contribution is 2.23. The van der Waals surface area contributed by atoms with E-state index < -0.39 is 6.36 Å². The monoisotopic (exact) mass is 277 g/mol. The molecule has 0 aliphatic heterocycles. The van der Waals surface area contributed by atoms with Crippen LogP contribution in [-0.4, -0.2) is 6.36 Å². The standard InChI is InChI=1S/C15H10F3NO/c16-15(17,18)20-13-6-3-4-11(10-13)8-9-12-5-1-2-7-14(12)19/h1-7,10H,19H2. The summed E-state index contributed by atoms with van der Waals surface area (Å²) in [5.74, 6) is 5.26. The Morgan fingerprint density at radius 2 is 1.70 bits per heavy atom. The van der Waals surface area contributed by atoms with E-state index in [1.54, 1.807) is 30.3 Å². The Morgan fingerprint density at radius 1 is 0.950 bits per heavy atom. The van der Waals surface area contributed by atoms with Crippen molar-refractivity contribution >= 4 is 5.69 Å².